The third-order valence-electron chi connectivity index (χ3n) is 5.61. The van der Waals surface area contributed by atoms with Crippen LogP contribution in [0.2, 0.25) is 0 Å². The molecule has 1 amide bonds. The zero-order valence-electron chi connectivity index (χ0n) is 16.5. The van der Waals surface area contributed by atoms with E-state index in [9.17, 15) is 13.2 Å². The lowest BCUT2D eigenvalue weighted by Gasteiger charge is -2.20. The lowest BCUT2D eigenvalue weighted by molar-refractivity contribution is -0.116. The smallest absolute Gasteiger partial charge is 0.243 e. The van der Waals surface area contributed by atoms with Crippen LogP contribution in [0.25, 0.3) is 0 Å². The predicted octanol–water partition coefficient (Wildman–Crippen LogP) is 3.77. The topological polar surface area (TPSA) is 79.4 Å². The second-order valence-corrected chi connectivity index (χ2v) is 10.8. The van der Waals surface area contributed by atoms with E-state index in [1.54, 1.807) is 27.8 Å². The molecule has 1 aromatic carbocycles. The van der Waals surface area contributed by atoms with Crippen LogP contribution in [0.3, 0.4) is 0 Å². The summed E-state index contributed by atoms with van der Waals surface area (Å²) in [5.41, 5.74) is 2.09. The van der Waals surface area contributed by atoms with Gasteiger partial charge in [-0.05, 0) is 56.2 Å². The number of nitrogens with one attached hydrogen (secondary N) is 1. The maximum Gasteiger partial charge on any atom is 0.243 e. The Morgan fingerprint density at radius 2 is 1.76 bits per heavy atom. The van der Waals surface area contributed by atoms with E-state index in [0.29, 0.717) is 36.0 Å². The minimum Gasteiger partial charge on any atom is -0.302 e. The van der Waals surface area contributed by atoms with Crippen molar-refractivity contribution in [3.05, 3.63) is 40.4 Å². The van der Waals surface area contributed by atoms with Crippen LogP contribution in [0.15, 0.2) is 29.2 Å². The highest BCUT2D eigenvalue weighted by Gasteiger charge is 2.25. The number of benzene rings is 1. The van der Waals surface area contributed by atoms with E-state index in [0.717, 1.165) is 56.2 Å². The number of fused-ring (bicyclic) bond motifs is 1. The first-order valence-electron chi connectivity index (χ1n) is 10.4. The van der Waals surface area contributed by atoms with Crippen LogP contribution < -0.4 is 5.32 Å². The monoisotopic (exact) mass is 433 g/mol. The molecule has 2 heterocycles. The summed E-state index contributed by atoms with van der Waals surface area (Å²) in [5, 5.41) is 3.59. The van der Waals surface area contributed by atoms with Gasteiger partial charge in [-0.15, -0.1) is 11.3 Å². The quantitative estimate of drug-likeness (QED) is 0.752. The van der Waals surface area contributed by atoms with E-state index in [1.165, 1.54) is 4.88 Å². The standard InChI is InChI=1S/C21H27N3O3S2/c25-20(23-21-22-18-6-5-7-19(18)28-21)13-10-16-8-11-17(12-9-16)29(26,27)24-14-3-1-2-4-15-24/h8-9,11-12H,1-7,10,13-15H2,(H,22,23,25). The molecule has 8 heteroatoms. The van der Waals surface area contributed by atoms with Gasteiger partial charge in [-0.2, -0.15) is 4.31 Å². The fourth-order valence-electron chi connectivity index (χ4n) is 3.94. The summed E-state index contributed by atoms with van der Waals surface area (Å²) in [6.07, 6.45) is 8.19. The van der Waals surface area contributed by atoms with Crippen molar-refractivity contribution in [3.63, 3.8) is 0 Å². The number of anilines is 1. The first-order valence-corrected chi connectivity index (χ1v) is 12.7. The van der Waals surface area contributed by atoms with E-state index in [1.807, 2.05) is 12.1 Å². The summed E-state index contributed by atoms with van der Waals surface area (Å²) in [6, 6.07) is 6.96. The van der Waals surface area contributed by atoms with E-state index >= 15 is 0 Å². The second-order valence-electron chi connectivity index (χ2n) is 7.75. The van der Waals surface area contributed by atoms with Crippen LogP contribution in [-0.2, 0) is 34.1 Å². The number of carbonyl (C=O) groups is 1. The number of sulfonamides is 1. The Kier molecular flexibility index (Phi) is 6.32. The molecule has 1 aliphatic carbocycles. The van der Waals surface area contributed by atoms with E-state index < -0.39 is 10.0 Å². The molecule has 2 aliphatic rings. The number of nitrogens with zero attached hydrogens (tertiary/aromatic N) is 2. The second kappa shape index (κ2) is 8.93. The Bertz CT molecular complexity index is 938. The van der Waals surface area contributed by atoms with Crippen LogP contribution in [0.1, 0.15) is 54.7 Å². The van der Waals surface area contributed by atoms with Gasteiger partial charge in [-0.3, -0.25) is 4.79 Å². The molecular weight excluding hydrogens is 406 g/mol. The SMILES string of the molecule is O=C(CCc1ccc(S(=O)(=O)N2CCCCCC2)cc1)Nc1nc2c(s1)CCC2. The Labute approximate surface area is 176 Å². The van der Waals surface area contributed by atoms with Gasteiger partial charge in [0.25, 0.3) is 0 Å². The van der Waals surface area contributed by atoms with Gasteiger partial charge in [0.1, 0.15) is 0 Å². The molecule has 6 nitrogen and oxygen atoms in total. The molecule has 2 aromatic rings. The number of aromatic nitrogens is 1. The van der Waals surface area contributed by atoms with Crippen LogP contribution in [0.4, 0.5) is 5.13 Å². The average molecular weight is 434 g/mol. The Hall–Kier alpha value is -1.77. The zero-order chi connectivity index (χ0) is 20.3. The maximum absolute atomic E-state index is 12.8. The molecule has 1 fully saturated rings. The van der Waals surface area contributed by atoms with Crippen molar-refractivity contribution in [2.75, 3.05) is 18.4 Å². The van der Waals surface area contributed by atoms with Gasteiger partial charge in [0.05, 0.1) is 10.6 Å². The molecule has 1 aromatic heterocycles. The molecule has 0 spiro atoms. The summed E-state index contributed by atoms with van der Waals surface area (Å²) in [6.45, 7) is 1.20. The Morgan fingerprint density at radius 1 is 1.03 bits per heavy atom. The van der Waals surface area contributed by atoms with Gasteiger partial charge in [-0.1, -0.05) is 25.0 Å². The molecule has 156 valence electrons. The molecule has 4 rings (SSSR count). The van der Waals surface area contributed by atoms with Gasteiger partial charge in [-0.25, -0.2) is 13.4 Å². The fraction of sp³-hybridized carbons (Fsp3) is 0.524. The summed E-state index contributed by atoms with van der Waals surface area (Å²) >= 11 is 1.58. The van der Waals surface area contributed by atoms with Crippen LogP contribution in [-0.4, -0.2) is 36.7 Å². The summed E-state index contributed by atoms with van der Waals surface area (Å²) in [7, 11) is -3.43. The highest BCUT2D eigenvalue weighted by Crippen LogP contribution is 2.30. The van der Waals surface area contributed by atoms with E-state index in [4.69, 9.17) is 0 Å². The number of aryl methyl sites for hydroxylation is 3. The molecular formula is C21H27N3O3S2. The lowest BCUT2D eigenvalue weighted by Crippen LogP contribution is -2.31. The average Bonchev–Trinajstić information content (AvgIpc) is 3.17. The van der Waals surface area contributed by atoms with Crippen LogP contribution in [0, 0.1) is 0 Å². The lowest BCUT2D eigenvalue weighted by atomic mass is 10.1. The zero-order valence-corrected chi connectivity index (χ0v) is 18.2. The number of carbonyl (C=O) groups excluding carboxylic acids is 1. The Balaban J connectivity index is 1.32. The number of thiazole rings is 1. The van der Waals surface area contributed by atoms with Crippen molar-refractivity contribution in [1.82, 2.24) is 9.29 Å². The molecule has 0 saturated carbocycles. The third-order valence-corrected chi connectivity index (χ3v) is 8.59. The first-order chi connectivity index (χ1) is 14.0. The molecule has 0 unspecified atom stereocenters. The largest absolute Gasteiger partial charge is 0.302 e. The molecule has 0 atom stereocenters. The van der Waals surface area contributed by atoms with Crippen LogP contribution in [0.5, 0.6) is 0 Å². The van der Waals surface area contributed by atoms with E-state index in [-0.39, 0.29) is 5.91 Å². The van der Waals surface area contributed by atoms with Gasteiger partial charge in [0, 0.05) is 24.4 Å². The van der Waals surface area contributed by atoms with Crippen molar-refractivity contribution < 1.29 is 13.2 Å². The predicted molar refractivity (Wildman–Crippen MR) is 115 cm³/mol. The van der Waals surface area contributed by atoms with Crippen molar-refractivity contribution in [2.45, 2.75) is 62.7 Å². The van der Waals surface area contributed by atoms with Crippen molar-refractivity contribution in [3.8, 4) is 0 Å². The van der Waals surface area contributed by atoms with Gasteiger partial charge in [0.2, 0.25) is 15.9 Å². The summed E-state index contributed by atoms with van der Waals surface area (Å²) < 4.78 is 27.3. The molecule has 1 N–H and O–H groups in total. The molecule has 0 radical (unpaired) electrons. The van der Waals surface area contributed by atoms with Gasteiger partial charge < -0.3 is 5.32 Å². The van der Waals surface area contributed by atoms with Gasteiger partial charge >= 0.3 is 0 Å². The maximum atomic E-state index is 12.8. The molecule has 29 heavy (non-hydrogen) atoms. The number of hydrogen-bond acceptors (Lipinski definition) is 5. The van der Waals surface area contributed by atoms with Crippen molar-refractivity contribution >= 4 is 32.4 Å². The number of amides is 1. The Morgan fingerprint density at radius 3 is 2.45 bits per heavy atom. The molecule has 1 saturated heterocycles. The fourth-order valence-corrected chi connectivity index (χ4v) is 6.53. The van der Waals surface area contributed by atoms with Crippen molar-refractivity contribution in [1.29, 1.82) is 0 Å². The first kappa shape index (κ1) is 20.5. The normalized spacial score (nSPS) is 17.7. The summed E-state index contributed by atoms with van der Waals surface area (Å²) in [4.78, 5) is 18.4. The van der Waals surface area contributed by atoms with Crippen molar-refractivity contribution in [2.24, 2.45) is 0 Å². The minimum absolute atomic E-state index is 0.0568. The third kappa shape index (κ3) is 4.87. The number of rotatable bonds is 6. The van der Waals surface area contributed by atoms with Crippen LogP contribution >= 0.6 is 11.3 Å². The van der Waals surface area contributed by atoms with Gasteiger partial charge in [0.15, 0.2) is 5.13 Å². The number of hydrogen-bond donors (Lipinski definition) is 1. The van der Waals surface area contributed by atoms with E-state index in [2.05, 4.69) is 10.3 Å². The highest BCUT2D eigenvalue weighted by molar-refractivity contribution is 7.89. The minimum atomic E-state index is -3.43. The highest BCUT2D eigenvalue weighted by atomic mass is 32.2. The molecule has 0 bridgehead atoms. The summed E-state index contributed by atoms with van der Waals surface area (Å²) in [5.74, 6) is -0.0568. The molecule has 1 aliphatic heterocycles.